The Morgan fingerprint density at radius 2 is 1.72 bits per heavy atom. The summed E-state index contributed by atoms with van der Waals surface area (Å²) in [5.74, 6) is -0.762. The molecule has 2 aliphatic rings. The second-order valence-corrected chi connectivity index (χ2v) is 8.79. The molecule has 2 aromatic carbocycles. The van der Waals surface area contributed by atoms with E-state index in [4.69, 9.17) is 0 Å². The van der Waals surface area contributed by atoms with Crippen LogP contribution in [-0.2, 0) is 15.1 Å². The number of imide groups is 1. The zero-order valence-electron chi connectivity index (χ0n) is 18.6. The van der Waals surface area contributed by atoms with Gasteiger partial charge in [0.05, 0.1) is 6.04 Å². The molecule has 2 aliphatic heterocycles. The number of carbonyl (C=O) groups is 3. The van der Waals surface area contributed by atoms with Gasteiger partial charge in [0.1, 0.15) is 12.1 Å². The molecule has 0 radical (unpaired) electrons. The van der Waals surface area contributed by atoms with Gasteiger partial charge in [-0.2, -0.15) is 0 Å². The standard InChI is InChI=1S/C25H30N4O3/c1-18-10-12-20(13-11-18)25(2)23(31)29(24(32)27-25)17-22(30)26-16-21(28-14-6-7-15-28)19-8-4-3-5-9-19/h3-5,8-13,21H,6-7,14-17H2,1-2H3,(H,26,30)(H,27,32). The van der Waals surface area contributed by atoms with Crippen molar-refractivity contribution in [1.82, 2.24) is 20.4 Å². The number of carbonyl (C=O) groups excluding carboxylic acids is 3. The normalized spacial score (nSPS) is 22.1. The number of benzene rings is 2. The molecule has 2 N–H and O–H groups in total. The maximum atomic E-state index is 13.1. The fourth-order valence-corrected chi connectivity index (χ4v) is 4.52. The van der Waals surface area contributed by atoms with Gasteiger partial charge >= 0.3 is 6.03 Å². The summed E-state index contributed by atoms with van der Waals surface area (Å²) in [6.07, 6.45) is 2.30. The molecular formula is C25H30N4O3. The van der Waals surface area contributed by atoms with Crippen LogP contribution >= 0.6 is 0 Å². The number of rotatable bonds is 7. The lowest BCUT2D eigenvalue weighted by molar-refractivity contribution is -0.134. The highest BCUT2D eigenvalue weighted by Gasteiger charge is 2.49. The first-order valence-electron chi connectivity index (χ1n) is 11.2. The van der Waals surface area contributed by atoms with E-state index in [9.17, 15) is 14.4 Å². The smallest absolute Gasteiger partial charge is 0.325 e. The van der Waals surface area contributed by atoms with Crippen molar-refractivity contribution < 1.29 is 14.4 Å². The van der Waals surface area contributed by atoms with Gasteiger partial charge in [-0.3, -0.25) is 19.4 Å². The third-order valence-electron chi connectivity index (χ3n) is 6.46. The minimum absolute atomic E-state index is 0.0728. The highest BCUT2D eigenvalue weighted by molar-refractivity contribution is 6.09. The number of hydrogen-bond acceptors (Lipinski definition) is 4. The molecular weight excluding hydrogens is 404 g/mol. The summed E-state index contributed by atoms with van der Waals surface area (Å²) in [5.41, 5.74) is 1.74. The third-order valence-corrected chi connectivity index (χ3v) is 6.46. The first kappa shape index (κ1) is 22.0. The molecule has 0 aliphatic carbocycles. The number of hydrogen-bond donors (Lipinski definition) is 2. The van der Waals surface area contributed by atoms with E-state index in [2.05, 4.69) is 27.7 Å². The first-order chi connectivity index (χ1) is 15.4. The van der Waals surface area contributed by atoms with Crippen LogP contribution in [0, 0.1) is 6.92 Å². The van der Waals surface area contributed by atoms with E-state index in [1.54, 1.807) is 6.92 Å². The van der Waals surface area contributed by atoms with E-state index in [1.165, 1.54) is 0 Å². The number of aryl methyl sites for hydroxylation is 1. The fourth-order valence-electron chi connectivity index (χ4n) is 4.52. The van der Waals surface area contributed by atoms with Crippen molar-refractivity contribution in [2.45, 2.75) is 38.3 Å². The molecule has 2 fully saturated rings. The predicted octanol–water partition coefficient (Wildman–Crippen LogP) is 2.72. The van der Waals surface area contributed by atoms with Gasteiger partial charge in [-0.15, -0.1) is 0 Å². The maximum Gasteiger partial charge on any atom is 0.325 e. The van der Waals surface area contributed by atoms with Crippen LogP contribution < -0.4 is 10.6 Å². The van der Waals surface area contributed by atoms with Gasteiger partial charge in [-0.25, -0.2) is 4.79 Å². The average Bonchev–Trinajstić information content (AvgIpc) is 3.39. The van der Waals surface area contributed by atoms with Gasteiger partial charge < -0.3 is 10.6 Å². The highest BCUT2D eigenvalue weighted by Crippen LogP contribution is 2.29. The van der Waals surface area contributed by atoms with Crippen molar-refractivity contribution >= 4 is 17.8 Å². The molecule has 2 unspecified atom stereocenters. The SMILES string of the molecule is Cc1ccc(C2(C)NC(=O)N(CC(=O)NCC(c3ccccc3)N3CCCC3)C2=O)cc1. The molecule has 168 valence electrons. The maximum absolute atomic E-state index is 13.1. The summed E-state index contributed by atoms with van der Waals surface area (Å²) >= 11 is 0. The quantitative estimate of drug-likeness (QED) is 0.657. The summed E-state index contributed by atoms with van der Waals surface area (Å²) < 4.78 is 0. The summed E-state index contributed by atoms with van der Waals surface area (Å²) in [7, 11) is 0. The van der Waals surface area contributed by atoms with Crippen LogP contribution in [0.3, 0.4) is 0 Å². The molecule has 0 aromatic heterocycles. The lowest BCUT2D eigenvalue weighted by atomic mass is 9.91. The third kappa shape index (κ3) is 4.39. The lowest BCUT2D eigenvalue weighted by Gasteiger charge is -2.28. The van der Waals surface area contributed by atoms with E-state index in [1.807, 2.05) is 49.4 Å². The van der Waals surface area contributed by atoms with E-state index >= 15 is 0 Å². The van der Waals surface area contributed by atoms with E-state index < -0.39 is 17.5 Å². The molecule has 2 aromatic rings. The van der Waals surface area contributed by atoms with Crippen molar-refractivity contribution in [3.63, 3.8) is 0 Å². The molecule has 2 heterocycles. The summed E-state index contributed by atoms with van der Waals surface area (Å²) in [6.45, 7) is 5.77. The van der Waals surface area contributed by atoms with E-state index in [0.717, 1.165) is 42.0 Å². The van der Waals surface area contributed by atoms with Crippen molar-refractivity contribution in [2.24, 2.45) is 0 Å². The predicted molar refractivity (Wildman–Crippen MR) is 122 cm³/mol. The molecule has 4 amide bonds. The van der Waals surface area contributed by atoms with Crippen LogP contribution in [0.1, 0.15) is 42.5 Å². The van der Waals surface area contributed by atoms with Gasteiger partial charge in [0.15, 0.2) is 0 Å². The first-order valence-corrected chi connectivity index (χ1v) is 11.2. The molecule has 7 heteroatoms. The largest absolute Gasteiger partial charge is 0.353 e. The fraction of sp³-hybridized carbons (Fsp3) is 0.400. The Morgan fingerprint density at radius 1 is 1.06 bits per heavy atom. The molecule has 2 atom stereocenters. The second kappa shape index (κ2) is 9.12. The van der Waals surface area contributed by atoms with Crippen molar-refractivity contribution in [3.8, 4) is 0 Å². The molecule has 2 saturated heterocycles. The average molecular weight is 435 g/mol. The van der Waals surface area contributed by atoms with Gasteiger partial charge in [0.25, 0.3) is 5.91 Å². The second-order valence-electron chi connectivity index (χ2n) is 8.79. The number of nitrogens with one attached hydrogen (secondary N) is 2. The Labute approximate surface area is 188 Å². The number of urea groups is 1. The highest BCUT2D eigenvalue weighted by atomic mass is 16.2. The summed E-state index contributed by atoms with van der Waals surface area (Å²) in [4.78, 5) is 41.7. The summed E-state index contributed by atoms with van der Waals surface area (Å²) in [6, 6.07) is 17.1. The van der Waals surface area contributed by atoms with Crippen molar-refractivity contribution in [1.29, 1.82) is 0 Å². The van der Waals surface area contributed by atoms with E-state index in [-0.39, 0.29) is 18.5 Å². The Balaban J connectivity index is 1.41. The molecule has 32 heavy (non-hydrogen) atoms. The van der Waals surface area contributed by atoms with Crippen LogP contribution in [-0.4, -0.2) is 53.8 Å². The van der Waals surface area contributed by atoms with Crippen LogP contribution in [0.4, 0.5) is 4.79 Å². The Kier molecular flexibility index (Phi) is 6.28. The Hall–Kier alpha value is -3.19. The molecule has 0 bridgehead atoms. The topological polar surface area (TPSA) is 81.8 Å². The van der Waals surface area contributed by atoms with Gasteiger partial charge in [0, 0.05) is 6.54 Å². The van der Waals surface area contributed by atoms with Crippen molar-refractivity contribution in [3.05, 3.63) is 71.3 Å². The minimum Gasteiger partial charge on any atom is -0.353 e. The molecule has 4 rings (SSSR count). The number of amides is 4. The van der Waals surface area contributed by atoms with Crippen LogP contribution in [0.15, 0.2) is 54.6 Å². The Bertz CT molecular complexity index is 986. The molecule has 7 nitrogen and oxygen atoms in total. The van der Waals surface area contributed by atoms with Gasteiger partial charge in [0.2, 0.25) is 5.91 Å². The van der Waals surface area contributed by atoms with Gasteiger partial charge in [-0.05, 0) is 50.9 Å². The van der Waals surface area contributed by atoms with Crippen molar-refractivity contribution in [2.75, 3.05) is 26.2 Å². The van der Waals surface area contributed by atoms with Gasteiger partial charge in [-0.1, -0.05) is 60.2 Å². The van der Waals surface area contributed by atoms with Crippen LogP contribution in [0.25, 0.3) is 0 Å². The van der Waals surface area contributed by atoms with Crippen LogP contribution in [0.5, 0.6) is 0 Å². The zero-order chi connectivity index (χ0) is 22.7. The monoisotopic (exact) mass is 434 g/mol. The number of likely N-dealkylation sites (tertiary alicyclic amines) is 1. The Morgan fingerprint density at radius 3 is 2.38 bits per heavy atom. The zero-order valence-corrected chi connectivity index (χ0v) is 18.6. The molecule has 0 saturated carbocycles. The minimum atomic E-state index is -1.17. The van der Waals surface area contributed by atoms with E-state index in [0.29, 0.717) is 12.1 Å². The molecule has 0 spiro atoms. The lowest BCUT2D eigenvalue weighted by Crippen LogP contribution is -2.45. The summed E-state index contributed by atoms with van der Waals surface area (Å²) in [5, 5.41) is 5.70. The number of nitrogens with zero attached hydrogens (tertiary/aromatic N) is 2. The van der Waals surface area contributed by atoms with Crippen LogP contribution in [0.2, 0.25) is 0 Å².